The van der Waals surface area contributed by atoms with E-state index in [-0.39, 0.29) is 12.2 Å². The van der Waals surface area contributed by atoms with Gasteiger partial charge in [0, 0.05) is 27.8 Å². The Hall–Kier alpha value is -5.96. The maximum Gasteiger partial charge on any atom is 0.179 e. The Balaban J connectivity index is 1.41. The quantitative estimate of drug-likeness (QED) is 0.196. The molecule has 0 saturated carbocycles. The Morgan fingerprint density at radius 1 is 0.409 bits per heavy atom. The summed E-state index contributed by atoms with van der Waals surface area (Å²) in [6.07, 6.45) is -0.670. The molecule has 0 N–H and O–H groups in total. The van der Waals surface area contributed by atoms with Crippen LogP contribution >= 0.6 is 0 Å². The highest BCUT2D eigenvalue weighted by Gasteiger charge is 2.38. The van der Waals surface area contributed by atoms with Crippen LogP contribution in [-0.2, 0) is 0 Å². The topological polar surface area (TPSA) is 18.5 Å². The van der Waals surface area contributed by atoms with E-state index in [0.717, 1.165) is 61.4 Å². The lowest BCUT2D eigenvalue weighted by molar-refractivity contribution is 0.238. The molecule has 0 aromatic heterocycles. The van der Waals surface area contributed by atoms with E-state index in [1.54, 1.807) is 0 Å². The fraction of sp³-hybridized carbons (Fsp3) is 0.0476. The van der Waals surface area contributed by atoms with E-state index in [1.807, 2.05) is 97.1 Å². The van der Waals surface area contributed by atoms with E-state index in [9.17, 15) is 0 Å². The zero-order chi connectivity index (χ0) is 29.3. The molecule has 0 saturated heterocycles. The van der Waals surface area contributed by atoms with Crippen molar-refractivity contribution in [3.8, 4) is 46.3 Å². The summed E-state index contributed by atoms with van der Waals surface area (Å²) in [4.78, 5) is 0. The largest absolute Gasteiger partial charge is 0.477 e. The normalized spacial score (nSPS) is 15.3. The molecule has 6 aromatic rings. The molecule has 0 amide bonds. The zero-order valence-corrected chi connectivity index (χ0v) is 23.8. The van der Waals surface area contributed by atoms with Crippen LogP contribution in [0.5, 0.6) is 11.5 Å². The molecule has 0 radical (unpaired) electrons. The van der Waals surface area contributed by atoms with Gasteiger partial charge in [-0.05, 0) is 58.7 Å². The van der Waals surface area contributed by atoms with Crippen molar-refractivity contribution in [3.05, 3.63) is 190 Å². The summed E-state index contributed by atoms with van der Waals surface area (Å²) in [5.74, 6) is 15.2. The van der Waals surface area contributed by atoms with Gasteiger partial charge in [0.05, 0.1) is 5.56 Å². The molecule has 206 valence electrons. The summed E-state index contributed by atoms with van der Waals surface area (Å²) >= 11 is 0. The van der Waals surface area contributed by atoms with Crippen LogP contribution < -0.4 is 9.47 Å². The first kappa shape index (κ1) is 25.7. The molecule has 5 aliphatic rings. The smallest absolute Gasteiger partial charge is 0.179 e. The van der Waals surface area contributed by atoms with Crippen LogP contribution in [0.3, 0.4) is 0 Å². The fourth-order valence-electron chi connectivity index (χ4n) is 5.94. The Morgan fingerprint density at radius 3 is 1.59 bits per heavy atom. The van der Waals surface area contributed by atoms with Crippen LogP contribution in [0.1, 0.15) is 56.7 Å². The first-order valence-corrected chi connectivity index (χ1v) is 14.7. The van der Waals surface area contributed by atoms with E-state index in [1.165, 1.54) is 0 Å². The third-order valence-electron chi connectivity index (χ3n) is 8.08. The van der Waals surface area contributed by atoms with E-state index in [4.69, 9.17) is 9.47 Å². The van der Waals surface area contributed by atoms with Crippen LogP contribution in [0.25, 0.3) is 11.1 Å². The summed E-state index contributed by atoms with van der Waals surface area (Å²) in [6.45, 7) is 0. The van der Waals surface area contributed by atoms with Crippen molar-refractivity contribution in [2.24, 2.45) is 0 Å². The minimum Gasteiger partial charge on any atom is -0.477 e. The molecule has 0 spiro atoms. The van der Waals surface area contributed by atoms with Gasteiger partial charge in [0.1, 0.15) is 6.10 Å². The van der Waals surface area contributed by atoms with Gasteiger partial charge >= 0.3 is 0 Å². The minimum absolute atomic E-state index is 0.306. The van der Waals surface area contributed by atoms with Crippen molar-refractivity contribution in [2.75, 3.05) is 0 Å². The molecular formula is C42H26O2. The molecule has 2 heteroatoms. The maximum absolute atomic E-state index is 7.05. The number of benzene rings is 6. The van der Waals surface area contributed by atoms with Crippen molar-refractivity contribution < 1.29 is 9.47 Å². The second-order valence-corrected chi connectivity index (χ2v) is 10.9. The Kier molecular flexibility index (Phi) is 6.45. The molecule has 11 rings (SSSR count). The number of ether oxygens (including phenoxy) is 2. The van der Waals surface area contributed by atoms with Crippen molar-refractivity contribution in [1.82, 2.24) is 0 Å². The van der Waals surface area contributed by atoms with Gasteiger partial charge < -0.3 is 9.47 Å². The van der Waals surface area contributed by atoms with Crippen molar-refractivity contribution in [1.29, 1.82) is 0 Å². The summed E-state index contributed by atoms with van der Waals surface area (Å²) < 4.78 is 13.9. The SMILES string of the molecule is C(#Cc1cc2ccc1-c1cc3c(c(c1C#Cc1ccccc1)OC3c1ccccc1)OC2c1ccccc1)c1ccccc1. The maximum atomic E-state index is 7.05. The summed E-state index contributed by atoms with van der Waals surface area (Å²) in [5, 5.41) is 0. The summed E-state index contributed by atoms with van der Waals surface area (Å²) in [7, 11) is 0. The van der Waals surface area contributed by atoms with Crippen LogP contribution in [-0.4, -0.2) is 0 Å². The zero-order valence-electron chi connectivity index (χ0n) is 23.8. The Bertz CT molecular complexity index is 2110. The molecule has 2 unspecified atom stereocenters. The predicted molar refractivity (Wildman–Crippen MR) is 175 cm³/mol. The predicted octanol–water partition coefficient (Wildman–Crippen LogP) is 9.12. The molecule has 2 nitrogen and oxygen atoms in total. The second-order valence-electron chi connectivity index (χ2n) is 10.9. The standard InChI is InChI=1S/C42H26O2/c1-5-13-29(14-6-1)21-23-33-27-34-24-26-35(33)37-28-38-40(32-19-11-4-12-20-32)44-41(36(37)25-22-30-15-7-2-8-16-30)42(38)43-39(34)31-17-9-3-10-18-31/h1-20,24,26-28,39-40H. The van der Waals surface area contributed by atoms with Gasteiger partial charge in [0.2, 0.25) is 0 Å². The highest BCUT2D eigenvalue weighted by atomic mass is 16.5. The van der Waals surface area contributed by atoms with Gasteiger partial charge in [-0.3, -0.25) is 0 Å². The number of rotatable bonds is 2. The Morgan fingerprint density at radius 2 is 0.955 bits per heavy atom. The molecule has 6 bridgehead atoms. The van der Waals surface area contributed by atoms with Gasteiger partial charge in [0.25, 0.3) is 0 Å². The second kappa shape index (κ2) is 11.0. The molecule has 6 aromatic carbocycles. The molecule has 5 heterocycles. The first-order valence-electron chi connectivity index (χ1n) is 14.7. The summed E-state index contributed by atoms with van der Waals surface area (Å²) in [5.41, 5.74) is 9.78. The van der Waals surface area contributed by atoms with E-state index >= 15 is 0 Å². The molecule has 44 heavy (non-hydrogen) atoms. The molecule has 0 fully saturated rings. The lowest BCUT2D eigenvalue weighted by Gasteiger charge is -2.24. The fourth-order valence-corrected chi connectivity index (χ4v) is 5.94. The third-order valence-corrected chi connectivity index (χ3v) is 8.08. The van der Waals surface area contributed by atoms with Crippen LogP contribution in [0, 0.1) is 23.7 Å². The molecule has 0 aliphatic carbocycles. The van der Waals surface area contributed by atoms with Crippen molar-refractivity contribution in [2.45, 2.75) is 12.2 Å². The van der Waals surface area contributed by atoms with E-state index in [2.05, 4.69) is 72.2 Å². The molecule has 5 aliphatic heterocycles. The van der Waals surface area contributed by atoms with Gasteiger partial charge in [0.15, 0.2) is 17.6 Å². The van der Waals surface area contributed by atoms with Crippen molar-refractivity contribution >= 4 is 0 Å². The lowest BCUT2D eigenvalue weighted by atomic mass is 9.88. The molecule has 2 atom stereocenters. The number of hydrogen-bond acceptors (Lipinski definition) is 2. The average molecular weight is 563 g/mol. The van der Waals surface area contributed by atoms with E-state index in [0.29, 0.717) is 5.75 Å². The lowest BCUT2D eigenvalue weighted by Crippen LogP contribution is -2.12. The van der Waals surface area contributed by atoms with Gasteiger partial charge in [-0.15, -0.1) is 0 Å². The average Bonchev–Trinajstić information content (AvgIpc) is 3.36. The first-order chi connectivity index (χ1) is 21.8. The van der Waals surface area contributed by atoms with Crippen LogP contribution in [0.4, 0.5) is 0 Å². The number of hydrogen-bond donors (Lipinski definition) is 0. The Labute approximate surface area is 257 Å². The minimum atomic E-state index is -0.364. The molecular weight excluding hydrogens is 536 g/mol. The van der Waals surface area contributed by atoms with Crippen molar-refractivity contribution in [3.63, 3.8) is 0 Å². The van der Waals surface area contributed by atoms with Crippen LogP contribution in [0.15, 0.2) is 146 Å². The highest BCUT2D eigenvalue weighted by molar-refractivity contribution is 5.84. The van der Waals surface area contributed by atoms with Gasteiger partial charge in [-0.2, -0.15) is 0 Å². The summed E-state index contributed by atoms with van der Waals surface area (Å²) in [6, 6.07) is 49.5. The van der Waals surface area contributed by atoms with Gasteiger partial charge in [-0.1, -0.05) is 133 Å². The van der Waals surface area contributed by atoms with Crippen LogP contribution in [0.2, 0.25) is 0 Å². The monoisotopic (exact) mass is 562 g/mol. The highest BCUT2D eigenvalue weighted by Crippen LogP contribution is 2.55. The van der Waals surface area contributed by atoms with Gasteiger partial charge in [-0.25, -0.2) is 0 Å². The third kappa shape index (κ3) is 4.70. The van der Waals surface area contributed by atoms with E-state index < -0.39 is 0 Å².